The van der Waals surface area contributed by atoms with Crippen molar-refractivity contribution in [2.75, 3.05) is 25.5 Å². The molecule has 5 rings (SSSR count). The zero-order valence-corrected chi connectivity index (χ0v) is 18.7. The van der Waals surface area contributed by atoms with Gasteiger partial charge in [0.1, 0.15) is 17.7 Å². The molecule has 0 spiro atoms. The third-order valence-corrected chi connectivity index (χ3v) is 5.93. The minimum absolute atomic E-state index is 0.218. The van der Waals surface area contributed by atoms with Gasteiger partial charge in [-0.15, -0.1) is 0 Å². The summed E-state index contributed by atoms with van der Waals surface area (Å²) in [7, 11) is 4.01. The monoisotopic (exact) mass is 442 g/mol. The summed E-state index contributed by atoms with van der Waals surface area (Å²) in [5, 5.41) is 7.98. The maximum Gasteiger partial charge on any atom is 0.256 e. The molecule has 3 aromatic heterocycles. The molecule has 1 fully saturated rings. The topological polar surface area (TPSA) is 85.2 Å². The van der Waals surface area contributed by atoms with Gasteiger partial charge in [0.15, 0.2) is 0 Å². The number of likely N-dealkylation sites (tertiary alicyclic amines) is 1. The molecular weight excluding hydrogens is 416 g/mol. The highest BCUT2D eigenvalue weighted by Gasteiger charge is 2.18. The van der Waals surface area contributed by atoms with Crippen LogP contribution in [0.4, 0.5) is 5.82 Å². The average Bonchev–Trinajstić information content (AvgIpc) is 3.27. The van der Waals surface area contributed by atoms with Crippen LogP contribution in [0.25, 0.3) is 22.0 Å². The first-order chi connectivity index (χ1) is 16.0. The van der Waals surface area contributed by atoms with Crippen LogP contribution in [-0.4, -0.2) is 56.8 Å². The molecule has 0 radical (unpaired) electrons. The van der Waals surface area contributed by atoms with Crippen molar-refractivity contribution in [3.63, 3.8) is 0 Å². The number of pyridine rings is 2. The van der Waals surface area contributed by atoms with Crippen LogP contribution in [0.3, 0.4) is 0 Å². The smallest absolute Gasteiger partial charge is 0.256 e. The number of benzene rings is 1. The Labute approximate surface area is 192 Å². The van der Waals surface area contributed by atoms with E-state index in [2.05, 4.69) is 32.3 Å². The molecule has 33 heavy (non-hydrogen) atoms. The number of aromatic nitrogens is 4. The first kappa shape index (κ1) is 21.1. The van der Waals surface area contributed by atoms with Crippen LogP contribution in [0.5, 0.6) is 5.75 Å². The molecule has 1 aromatic carbocycles. The molecule has 1 aliphatic rings. The zero-order chi connectivity index (χ0) is 22.8. The molecule has 168 valence electrons. The molecule has 1 aliphatic heterocycles. The number of nitrogens with one attached hydrogen (secondary N) is 1. The zero-order valence-electron chi connectivity index (χ0n) is 18.7. The van der Waals surface area contributed by atoms with Crippen molar-refractivity contribution in [2.45, 2.75) is 18.9 Å². The summed E-state index contributed by atoms with van der Waals surface area (Å²) in [6, 6.07) is 11.1. The van der Waals surface area contributed by atoms with Crippen LogP contribution in [-0.2, 0) is 7.05 Å². The van der Waals surface area contributed by atoms with Crippen molar-refractivity contribution >= 4 is 22.6 Å². The van der Waals surface area contributed by atoms with Crippen molar-refractivity contribution in [1.29, 1.82) is 0 Å². The summed E-state index contributed by atoms with van der Waals surface area (Å²) in [6.45, 7) is 2.09. The lowest BCUT2D eigenvalue weighted by Gasteiger charge is -2.29. The average molecular weight is 443 g/mol. The number of carbonyl (C=O) groups excluding carboxylic acids is 1. The van der Waals surface area contributed by atoms with Gasteiger partial charge in [-0.25, -0.2) is 4.98 Å². The fourth-order valence-electron chi connectivity index (χ4n) is 4.00. The van der Waals surface area contributed by atoms with E-state index in [1.54, 1.807) is 35.4 Å². The molecule has 4 aromatic rings. The lowest BCUT2D eigenvalue weighted by molar-refractivity contribution is 0.102. The number of anilines is 1. The summed E-state index contributed by atoms with van der Waals surface area (Å²) in [6.07, 6.45) is 9.46. The van der Waals surface area contributed by atoms with Gasteiger partial charge in [-0.2, -0.15) is 5.10 Å². The first-order valence-electron chi connectivity index (χ1n) is 11.0. The second-order valence-electron chi connectivity index (χ2n) is 8.49. The largest absolute Gasteiger partial charge is 0.490 e. The van der Waals surface area contributed by atoms with E-state index in [0.29, 0.717) is 11.4 Å². The van der Waals surface area contributed by atoms with Gasteiger partial charge in [0.2, 0.25) is 0 Å². The fraction of sp³-hybridized carbons (Fsp3) is 0.280. The van der Waals surface area contributed by atoms with E-state index in [0.717, 1.165) is 53.7 Å². The third-order valence-electron chi connectivity index (χ3n) is 5.93. The Kier molecular flexibility index (Phi) is 5.75. The summed E-state index contributed by atoms with van der Waals surface area (Å²) in [4.78, 5) is 23.9. The predicted octanol–water partition coefficient (Wildman–Crippen LogP) is 3.76. The molecule has 1 saturated heterocycles. The molecule has 8 heteroatoms. The highest BCUT2D eigenvalue weighted by atomic mass is 16.5. The highest BCUT2D eigenvalue weighted by molar-refractivity contribution is 6.04. The number of piperidine rings is 1. The summed E-state index contributed by atoms with van der Waals surface area (Å²) in [5.41, 5.74) is 3.25. The molecule has 0 saturated carbocycles. The molecule has 0 atom stereocenters. The molecule has 0 bridgehead atoms. The summed E-state index contributed by atoms with van der Waals surface area (Å²) in [5.74, 6) is 1.05. The lowest BCUT2D eigenvalue weighted by Crippen LogP contribution is -2.35. The van der Waals surface area contributed by atoms with Crippen LogP contribution in [0.2, 0.25) is 0 Å². The van der Waals surface area contributed by atoms with E-state index >= 15 is 0 Å². The predicted molar refractivity (Wildman–Crippen MR) is 127 cm³/mol. The molecule has 8 nitrogen and oxygen atoms in total. The normalized spacial score (nSPS) is 15.0. The minimum atomic E-state index is -0.218. The van der Waals surface area contributed by atoms with E-state index in [9.17, 15) is 4.79 Å². The van der Waals surface area contributed by atoms with Crippen LogP contribution in [0.1, 0.15) is 23.2 Å². The Hall–Kier alpha value is -3.78. The molecule has 1 amide bonds. The van der Waals surface area contributed by atoms with E-state index < -0.39 is 0 Å². The number of rotatable bonds is 5. The van der Waals surface area contributed by atoms with Crippen LogP contribution < -0.4 is 10.1 Å². The highest BCUT2D eigenvalue weighted by Crippen LogP contribution is 2.24. The van der Waals surface area contributed by atoms with Gasteiger partial charge in [0.05, 0.1) is 17.9 Å². The van der Waals surface area contributed by atoms with E-state index in [4.69, 9.17) is 4.74 Å². The van der Waals surface area contributed by atoms with Crippen LogP contribution in [0.15, 0.2) is 61.2 Å². The maximum absolute atomic E-state index is 12.8. The van der Waals surface area contributed by atoms with Gasteiger partial charge < -0.3 is 15.0 Å². The van der Waals surface area contributed by atoms with Crippen LogP contribution >= 0.6 is 0 Å². The Balaban J connectivity index is 1.27. The number of aryl methyl sites for hydroxylation is 1. The molecular formula is C25H26N6O2. The Bertz CT molecular complexity index is 1280. The fourth-order valence-corrected chi connectivity index (χ4v) is 4.00. The lowest BCUT2D eigenvalue weighted by atomic mass is 10.1. The molecule has 0 aliphatic carbocycles. The van der Waals surface area contributed by atoms with Gasteiger partial charge >= 0.3 is 0 Å². The number of hydrogen-bond acceptors (Lipinski definition) is 6. The number of ether oxygens (including phenoxy) is 1. The van der Waals surface area contributed by atoms with E-state index in [1.165, 1.54) is 0 Å². The number of hydrogen-bond donors (Lipinski definition) is 1. The van der Waals surface area contributed by atoms with Crippen molar-refractivity contribution in [1.82, 2.24) is 24.6 Å². The maximum atomic E-state index is 12.8. The van der Waals surface area contributed by atoms with Crippen molar-refractivity contribution in [3.8, 4) is 16.9 Å². The van der Waals surface area contributed by atoms with Gasteiger partial charge in [0.25, 0.3) is 5.91 Å². The molecule has 1 N–H and O–H groups in total. The SMILES string of the molecule is CN1CCC(Oc2ccc(C(=O)Nc3cc4cc(-c5cnn(C)c5)cnc4cn3)cc2)CC1. The second kappa shape index (κ2) is 8.99. The number of carbonyl (C=O) groups is 1. The van der Waals surface area contributed by atoms with Crippen molar-refractivity contribution in [2.24, 2.45) is 7.05 Å². The Morgan fingerprint density at radius 2 is 1.79 bits per heavy atom. The quantitative estimate of drug-likeness (QED) is 0.507. The van der Waals surface area contributed by atoms with E-state index in [1.807, 2.05) is 37.5 Å². The van der Waals surface area contributed by atoms with Gasteiger partial charge in [-0.05, 0) is 56.3 Å². The van der Waals surface area contributed by atoms with Gasteiger partial charge in [-0.1, -0.05) is 0 Å². The van der Waals surface area contributed by atoms with Gasteiger partial charge in [0, 0.05) is 54.6 Å². The molecule has 0 unspecified atom stereocenters. The summed E-state index contributed by atoms with van der Waals surface area (Å²) < 4.78 is 7.82. The van der Waals surface area contributed by atoms with Crippen LogP contribution in [0, 0.1) is 0 Å². The Morgan fingerprint density at radius 3 is 2.52 bits per heavy atom. The standard InChI is InChI=1S/C25H26N6O2/c1-30-9-7-22(8-10-30)33-21-5-3-17(4-6-21)25(32)29-24-12-18-11-19(13-26-23(18)15-27-24)20-14-28-31(2)16-20/h3-6,11-16,22H,7-10H2,1-2H3,(H,27,29,32). The summed E-state index contributed by atoms with van der Waals surface area (Å²) >= 11 is 0. The van der Waals surface area contributed by atoms with Gasteiger partial charge in [-0.3, -0.25) is 14.5 Å². The second-order valence-corrected chi connectivity index (χ2v) is 8.49. The molecule has 4 heterocycles. The third kappa shape index (κ3) is 4.85. The Morgan fingerprint density at radius 1 is 1.00 bits per heavy atom. The van der Waals surface area contributed by atoms with Crippen molar-refractivity contribution < 1.29 is 9.53 Å². The van der Waals surface area contributed by atoms with E-state index in [-0.39, 0.29) is 12.0 Å². The first-order valence-corrected chi connectivity index (χ1v) is 11.0. The number of nitrogens with zero attached hydrogens (tertiary/aromatic N) is 5. The number of fused-ring (bicyclic) bond motifs is 1. The number of amides is 1. The minimum Gasteiger partial charge on any atom is -0.490 e. The van der Waals surface area contributed by atoms with Crippen molar-refractivity contribution in [3.05, 3.63) is 66.7 Å².